The smallest absolute Gasteiger partial charge is 0.222 e. The molecule has 0 unspecified atom stereocenters. The van der Waals surface area contributed by atoms with Crippen LogP contribution in [-0.4, -0.2) is 13.0 Å². The molecule has 1 N–H and O–H groups in total. The Morgan fingerprint density at radius 2 is 1.73 bits per heavy atom. The highest BCUT2D eigenvalue weighted by Crippen LogP contribution is 2.12. The molecule has 0 spiro atoms. The fourth-order valence-electron chi connectivity index (χ4n) is 1.31. The van der Waals surface area contributed by atoms with E-state index in [0.29, 0.717) is 0 Å². The highest BCUT2D eigenvalue weighted by atomic mass is 16.1. The highest BCUT2D eigenvalue weighted by Gasteiger charge is 2.13. The zero-order valence-electron chi connectivity index (χ0n) is 7.81. The van der Waals surface area contributed by atoms with E-state index < -0.39 is 0 Å². The molecule has 0 aromatic carbocycles. The Morgan fingerprint density at radius 1 is 1.27 bits per heavy atom. The van der Waals surface area contributed by atoms with Crippen molar-refractivity contribution >= 4 is 5.91 Å². The van der Waals surface area contributed by atoms with Gasteiger partial charge in [-0.1, -0.05) is 26.7 Å². The van der Waals surface area contributed by atoms with Gasteiger partial charge in [0.2, 0.25) is 5.91 Å². The first-order chi connectivity index (χ1) is 5.26. The van der Waals surface area contributed by atoms with Crippen molar-refractivity contribution in [1.29, 1.82) is 0 Å². The van der Waals surface area contributed by atoms with Gasteiger partial charge in [-0.3, -0.25) is 4.79 Å². The zero-order valence-corrected chi connectivity index (χ0v) is 7.81. The second-order valence-corrected chi connectivity index (χ2v) is 2.89. The second-order valence-electron chi connectivity index (χ2n) is 2.89. The number of carbonyl (C=O) groups is 1. The normalized spacial score (nSPS) is 10.2. The first-order valence-corrected chi connectivity index (χ1v) is 4.47. The van der Waals surface area contributed by atoms with Gasteiger partial charge in [0.25, 0.3) is 0 Å². The lowest BCUT2D eigenvalue weighted by Crippen LogP contribution is -2.27. The Kier molecular flexibility index (Phi) is 5.90. The summed E-state index contributed by atoms with van der Waals surface area (Å²) >= 11 is 0. The van der Waals surface area contributed by atoms with E-state index in [1.165, 1.54) is 0 Å². The van der Waals surface area contributed by atoms with Crippen LogP contribution in [-0.2, 0) is 4.79 Å². The maximum Gasteiger partial charge on any atom is 0.222 e. The lowest BCUT2D eigenvalue weighted by atomic mass is 9.98. The van der Waals surface area contributed by atoms with Gasteiger partial charge in [0.05, 0.1) is 0 Å². The third-order valence-corrected chi connectivity index (χ3v) is 1.89. The molecular formula is C9H19NO. The predicted molar refractivity (Wildman–Crippen MR) is 47.4 cm³/mol. The van der Waals surface area contributed by atoms with Crippen LogP contribution in [0.25, 0.3) is 0 Å². The van der Waals surface area contributed by atoms with Crippen LogP contribution in [0, 0.1) is 5.92 Å². The van der Waals surface area contributed by atoms with Gasteiger partial charge in [-0.15, -0.1) is 0 Å². The molecule has 0 fully saturated rings. The number of rotatable bonds is 5. The van der Waals surface area contributed by atoms with E-state index in [9.17, 15) is 4.79 Å². The van der Waals surface area contributed by atoms with Gasteiger partial charge in [0.15, 0.2) is 0 Å². The standard InChI is InChI=1S/C9H19NO/c1-4-6-8(7-5-2)9(11)10-3/h8H,4-7H2,1-3H3,(H,10,11). The molecule has 0 rings (SSSR count). The van der Waals surface area contributed by atoms with Crippen molar-refractivity contribution in [1.82, 2.24) is 5.32 Å². The maximum atomic E-state index is 11.2. The minimum absolute atomic E-state index is 0.203. The van der Waals surface area contributed by atoms with Gasteiger partial charge < -0.3 is 5.32 Å². The summed E-state index contributed by atoms with van der Waals surface area (Å²) in [6, 6.07) is 0. The molecule has 66 valence electrons. The monoisotopic (exact) mass is 157 g/mol. The molecule has 0 heterocycles. The van der Waals surface area contributed by atoms with Crippen LogP contribution in [0.4, 0.5) is 0 Å². The molecule has 0 atom stereocenters. The lowest BCUT2D eigenvalue weighted by molar-refractivity contribution is -0.124. The van der Waals surface area contributed by atoms with Gasteiger partial charge in [0.1, 0.15) is 0 Å². The summed E-state index contributed by atoms with van der Waals surface area (Å²) in [5.41, 5.74) is 0. The number of hydrogen-bond acceptors (Lipinski definition) is 1. The van der Waals surface area contributed by atoms with Gasteiger partial charge in [0, 0.05) is 13.0 Å². The molecule has 0 aliphatic carbocycles. The zero-order chi connectivity index (χ0) is 8.69. The molecule has 1 amide bonds. The molecule has 0 aromatic heterocycles. The molecule has 0 saturated heterocycles. The van der Waals surface area contributed by atoms with Crippen molar-refractivity contribution in [2.75, 3.05) is 7.05 Å². The van der Waals surface area contributed by atoms with E-state index in [2.05, 4.69) is 19.2 Å². The molecule has 0 aliphatic rings. The molecule has 2 nitrogen and oxygen atoms in total. The molecule has 0 aliphatic heterocycles. The van der Waals surface area contributed by atoms with Gasteiger partial charge in [-0.05, 0) is 12.8 Å². The summed E-state index contributed by atoms with van der Waals surface area (Å²) in [5, 5.41) is 2.70. The number of amides is 1. The van der Waals surface area contributed by atoms with Crippen molar-refractivity contribution in [3.05, 3.63) is 0 Å². The quantitative estimate of drug-likeness (QED) is 0.649. The number of hydrogen-bond donors (Lipinski definition) is 1. The van der Waals surface area contributed by atoms with Crippen LogP contribution >= 0.6 is 0 Å². The molecular weight excluding hydrogens is 138 g/mol. The van der Waals surface area contributed by atoms with Crippen LogP contribution < -0.4 is 5.32 Å². The topological polar surface area (TPSA) is 29.1 Å². The Labute approximate surface area is 69.4 Å². The van der Waals surface area contributed by atoms with Gasteiger partial charge in [-0.25, -0.2) is 0 Å². The summed E-state index contributed by atoms with van der Waals surface area (Å²) in [6.07, 6.45) is 4.23. The minimum Gasteiger partial charge on any atom is -0.359 e. The summed E-state index contributed by atoms with van der Waals surface area (Å²) in [6.45, 7) is 4.23. The van der Waals surface area contributed by atoms with E-state index in [1.54, 1.807) is 7.05 Å². The summed E-state index contributed by atoms with van der Waals surface area (Å²) < 4.78 is 0. The second kappa shape index (κ2) is 6.20. The van der Waals surface area contributed by atoms with E-state index in [1.807, 2.05) is 0 Å². The fourth-order valence-corrected chi connectivity index (χ4v) is 1.31. The lowest BCUT2D eigenvalue weighted by Gasteiger charge is -2.12. The predicted octanol–water partition coefficient (Wildman–Crippen LogP) is 1.95. The molecule has 0 aromatic rings. The summed E-state index contributed by atoms with van der Waals surface area (Å²) in [4.78, 5) is 11.2. The first-order valence-electron chi connectivity index (χ1n) is 4.47. The SMILES string of the molecule is CCCC(CCC)C(=O)NC. The van der Waals surface area contributed by atoms with Crippen molar-refractivity contribution in [3.63, 3.8) is 0 Å². The van der Waals surface area contributed by atoms with E-state index in [0.717, 1.165) is 25.7 Å². The molecule has 0 bridgehead atoms. The van der Waals surface area contributed by atoms with Gasteiger partial charge in [-0.2, -0.15) is 0 Å². The van der Waals surface area contributed by atoms with Crippen molar-refractivity contribution < 1.29 is 4.79 Å². The van der Waals surface area contributed by atoms with Crippen molar-refractivity contribution in [2.24, 2.45) is 5.92 Å². The average Bonchev–Trinajstić information content (AvgIpc) is 2.03. The summed E-state index contributed by atoms with van der Waals surface area (Å²) in [5.74, 6) is 0.448. The largest absolute Gasteiger partial charge is 0.359 e. The Balaban J connectivity index is 3.76. The fraction of sp³-hybridized carbons (Fsp3) is 0.889. The Hall–Kier alpha value is -0.530. The third kappa shape index (κ3) is 4.02. The minimum atomic E-state index is 0.203. The van der Waals surface area contributed by atoms with Crippen LogP contribution in [0.15, 0.2) is 0 Å². The van der Waals surface area contributed by atoms with Crippen LogP contribution in [0.1, 0.15) is 39.5 Å². The first kappa shape index (κ1) is 10.5. The highest BCUT2D eigenvalue weighted by molar-refractivity contribution is 5.78. The molecule has 0 radical (unpaired) electrons. The Morgan fingerprint density at radius 3 is 2.00 bits per heavy atom. The van der Waals surface area contributed by atoms with E-state index >= 15 is 0 Å². The third-order valence-electron chi connectivity index (χ3n) is 1.89. The van der Waals surface area contributed by atoms with E-state index in [4.69, 9.17) is 0 Å². The van der Waals surface area contributed by atoms with Crippen LogP contribution in [0.3, 0.4) is 0 Å². The average molecular weight is 157 g/mol. The van der Waals surface area contributed by atoms with Crippen molar-refractivity contribution in [3.8, 4) is 0 Å². The molecule has 11 heavy (non-hydrogen) atoms. The molecule has 0 saturated carbocycles. The van der Waals surface area contributed by atoms with Crippen molar-refractivity contribution in [2.45, 2.75) is 39.5 Å². The maximum absolute atomic E-state index is 11.2. The number of carbonyl (C=O) groups excluding carboxylic acids is 1. The number of nitrogens with one attached hydrogen (secondary N) is 1. The van der Waals surface area contributed by atoms with Gasteiger partial charge >= 0.3 is 0 Å². The Bertz CT molecular complexity index is 106. The van der Waals surface area contributed by atoms with Crippen LogP contribution in [0.2, 0.25) is 0 Å². The van der Waals surface area contributed by atoms with E-state index in [-0.39, 0.29) is 11.8 Å². The van der Waals surface area contributed by atoms with Crippen LogP contribution in [0.5, 0.6) is 0 Å². The summed E-state index contributed by atoms with van der Waals surface area (Å²) in [7, 11) is 1.71. The molecule has 2 heteroatoms.